The molecule has 1 amide bonds. The largest absolute Gasteiger partial charge is 0.444 e. The van der Waals surface area contributed by atoms with E-state index in [0.717, 1.165) is 28.5 Å². The molecule has 0 aliphatic carbocycles. The van der Waals surface area contributed by atoms with Gasteiger partial charge >= 0.3 is 6.09 Å². The van der Waals surface area contributed by atoms with Gasteiger partial charge in [-0.1, -0.05) is 36.4 Å². The lowest BCUT2D eigenvalue weighted by atomic mass is 9.88. The summed E-state index contributed by atoms with van der Waals surface area (Å²) < 4.78 is 5.66. The van der Waals surface area contributed by atoms with Crippen molar-refractivity contribution >= 4 is 22.7 Å². The zero-order valence-electron chi connectivity index (χ0n) is 16.6. The van der Waals surface area contributed by atoms with Crippen LogP contribution < -0.4 is 0 Å². The average molecular weight is 393 g/mol. The number of amides is 1. The number of non-ortho nitro benzene ring substituents is 1. The van der Waals surface area contributed by atoms with E-state index in [1.165, 1.54) is 6.07 Å². The molecule has 7 heteroatoms. The number of hydrogen-bond acceptors (Lipinski definition) is 4. The Bertz CT molecular complexity index is 1100. The molecule has 0 spiro atoms. The number of aromatic amines is 1. The molecule has 0 saturated carbocycles. The fourth-order valence-electron chi connectivity index (χ4n) is 3.96. The number of nitrogens with one attached hydrogen (secondary N) is 1. The summed E-state index contributed by atoms with van der Waals surface area (Å²) >= 11 is 0. The number of aromatic nitrogens is 1. The van der Waals surface area contributed by atoms with Crippen molar-refractivity contribution in [3.05, 3.63) is 75.5 Å². The van der Waals surface area contributed by atoms with Crippen molar-refractivity contribution in [1.29, 1.82) is 0 Å². The van der Waals surface area contributed by atoms with Gasteiger partial charge in [0, 0.05) is 29.8 Å². The van der Waals surface area contributed by atoms with Crippen molar-refractivity contribution in [3.8, 4) is 0 Å². The van der Waals surface area contributed by atoms with Crippen LogP contribution in [-0.2, 0) is 11.2 Å². The molecule has 1 N–H and O–H groups in total. The third-order valence-corrected chi connectivity index (χ3v) is 5.13. The summed E-state index contributed by atoms with van der Waals surface area (Å²) in [6.45, 7) is 6.03. The van der Waals surface area contributed by atoms with Gasteiger partial charge in [-0.05, 0) is 38.3 Å². The van der Waals surface area contributed by atoms with E-state index < -0.39 is 16.6 Å². The van der Waals surface area contributed by atoms with Crippen LogP contribution in [0.15, 0.2) is 48.7 Å². The molecule has 1 unspecified atom stereocenters. The molecule has 7 nitrogen and oxygen atoms in total. The first-order valence-electron chi connectivity index (χ1n) is 9.58. The fraction of sp³-hybridized carbons (Fsp3) is 0.318. The summed E-state index contributed by atoms with van der Waals surface area (Å²) in [5, 5.41) is 12.2. The van der Waals surface area contributed by atoms with E-state index in [0.29, 0.717) is 12.1 Å². The van der Waals surface area contributed by atoms with E-state index in [9.17, 15) is 14.9 Å². The minimum atomic E-state index is -0.613. The molecule has 4 rings (SSSR count). The number of carbonyl (C=O) groups is 1. The summed E-state index contributed by atoms with van der Waals surface area (Å²) in [5.74, 6) is 0. The minimum absolute atomic E-state index is 0.0154. The molecule has 1 atom stereocenters. The lowest BCUT2D eigenvalue weighted by molar-refractivity contribution is -0.383. The van der Waals surface area contributed by atoms with E-state index in [1.54, 1.807) is 17.2 Å². The van der Waals surface area contributed by atoms with Crippen LogP contribution in [0.1, 0.15) is 43.5 Å². The Morgan fingerprint density at radius 2 is 1.93 bits per heavy atom. The van der Waals surface area contributed by atoms with Crippen LogP contribution in [0.4, 0.5) is 10.5 Å². The topological polar surface area (TPSA) is 88.5 Å². The summed E-state index contributed by atoms with van der Waals surface area (Å²) in [4.78, 5) is 28.8. The highest BCUT2D eigenvalue weighted by atomic mass is 16.6. The SMILES string of the molecule is CC(C)(C)OC(=O)N1CCc2ccccc2C1c1c[nH]c2c([N+](=O)[O-])cccc12. The molecule has 29 heavy (non-hydrogen) atoms. The number of H-pyrrole nitrogens is 1. The Hall–Kier alpha value is -3.35. The number of carbonyl (C=O) groups excluding carboxylic acids is 1. The number of ether oxygens (including phenoxy) is 1. The number of rotatable bonds is 2. The maximum absolute atomic E-state index is 13.0. The lowest BCUT2D eigenvalue weighted by Gasteiger charge is -2.38. The summed E-state index contributed by atoms with van der Waals surface area (Å²) in [6, 6.07) is 12.6. The van der Waals surface area contributed by atoms with Gasteiger partial charge in [0.2, 0.25) is 0 Å². The summed E-state index contributed by atoms with van der Waals surface area (Å²) in [5.41, 5.74) is 2.86. The first kappa shape index (κ1) is 19.0. The van der Waals surface area contributed by atoms with Crippen LogP contribution in [0.25, 0.3) is 10.9 Å². The van der Waals surface area contributed by atoms with E-state index in [2.05, 4.69) is 11.1 Å². The monoisotopic (exact) mass is 393 g/mol. The zero-order chi connectivity index (χ0) is 20.8. The van der Waals surface area contributed by atoms with Crippen molar-refractivity contribution in [2.75, 3.05) is 6.54 Å². The van der Waals surface area contributed by atoms with Gasteiger partial charge in [-0.15, -0.1) is 0 Å². The molecular formula is C22H23N3O4. The van der Waals surface area contributed by atoms with E-state index in [-0.39, 0.29) is 11.7 Å². The van der Waals surface area contributed by atoms with Crippen LogP contribution in [0, 0.1) is 10.1 Å². The molecule has 1 aromatic heterocycles. The van der Waals surface area contributed by atoms with Gasteiger partial charge in [-0.25, -0.2) is 4.79 Å². The first-order valence-corrected chi connectivity index (χ1v) is 9.58. The third-order valence-electron chi connectivity index (χ3n) is 5.13. The summed E-state index contributed by atoms with van der Waals surface area (Å²) in [6.07, 6.45) is 2.10. The van der Waals surface area contributed by atoms with Gasteiger partial charge in [-0.3, -0.25) is 15.0 Å². The second-order valence-corrected chi connectivity index (χ2v) is 8.23. The molecule has 2 aromatic carbocycles. The van der Waals surface area contributed by atoms with Crippen LogP contribution in [0.5, 0.6) is 0 Å². The standard InChI is InChI=1S/C22H23N3O4/c1-22(2,3)29-21(26)24-12-11-14-7-4-5-8-15(14)20(24)17-13-23-19-16(17)9-6-10-18(19)25(27)28/h4-10,13,20,23H,11-12H2,1-3H3. The molecule has 1 aliphatic heterocycles. The Morgan fingerprint density at radius 1 is 1.17 bits per heavy atom. The quantitative estimate of drug-likeness (QED) is 0.492. The highest BCUT2D eigenvalue weighted by molar-refractivity contribution is 5.91. The normalized spacial score (nSPS) is 16.5. The molecule has 0 fully saturated rings. The maximum Gasteiger partial charge on any atom is 0.411 e. The number of nitrogens with zero attached hydrogens (tertiary/aromatic N) is 2. The number of nitro benzene ring substituents is 1. The average Bonchev–Trinajstić information content (AvgIpc) is 3.09. The van der Waals surface area contributed by atoms with Crippen molar-refractivity contribution in [2.24, 2.45) is 0 Å². The molecule has 3 aromatic rings. The van der Waals surface area contributed by atoms with Gasteiger partial charge in [0.1, 0.15) is 11.1 Å². The molecule has 2 heterocycles. The van der Waals surface area contributed by atoms with Crippen LogP contribution in [0.3, 0.4) is 0 Å². The minimum Gasteiger partial charge on any atom is -0.444 e. The lowest BCUT2D eigenvalue weighted by Crippen LogP contribution is -2.43. The van der Waals surface area contributed by atoms with Crippen molar-refractivity contribution in [1.82, 2.24) is 9.88 Å². The predicted octanol–water partition coefficient (Wildman–Crippen LogP) is 4.96. The smallest absolute Gasteiger partial charge is 0.411 e. The second kappa shape index (κ2) is 6.92. The van der Waals surface area contributed by atoms with Gasteiger partial charge in [-0.2, -0.15) is 0 Å². The number of hydrogen-bond donors (Lipinski definition) is 1. The third kappa shape index (κ3) is 3.44. The van der Waals surface area contributed by atoms with Crippen molar-refractivity contribution in [2.45, 2.75) is 38.8 Å². The molecule has 0 saturated heterocycles. The van der Waals surface area contributed by atoms with E-state index in [1.807, 2.05) is 45.0 Å². The second-order valence-electron chi connectivity index (χ2n) is 8.23. The van der Waals surface area contributed by atoms with Crippen molar-refractivity contribution < 1.29 is 14.5 Å². The Kier molecular flexibility index (Phi) is 4.53. The molecule has 150 valence electrons. The zero-order valence-corrected chi connectivity index (χ0v) is 16.6. The van der Waals surface area contributed by atoms with Crippen LogP contribution >= 0.6 is 0 Å². The molecule has 0 radical (unpaired) electrons. The van der Waals surface area contributed by atoms with Gasteiger partial charge in [0.15, 0.2) is 0 Å². The van der Waals surface area contributed by atoms with Crippen LogP contribution in [0.2, 0.25) is 0 Å². The number of para-hydroxylation sites is 1. The van der Waals surface area contributed by atoms with Crippen molar-refractivity contribution in [3.63, 3.8) is 0 Å². The molecule has 0 bridgehead atoms. The highest BCUT2D eigenvalue weighted by Gasteiger charge is 2.36. The van der Waals surface area contributed by atoms with Gasteiger partial charge < -0.3 is 9.72 Å². The van der Waals surface area contributed by atoms with E-state index in [4.69, 9.17) is 4.74 Å². The first-order chi connectivity index (χ1) is 13.8. The number of nitro groups is 1. The number of benzene rings is 2. The Balaban J connectivity index is 1.87. The van der Waals surface area contributed by atoms with Gasteiger partial charge in [0.05, 0.1) is 11.0 Å². The molecular weight excluding hydrogens is 370 g/mol. The Morgan fingerprint density at radius 3 is 2.66 bits per heavy atom. The predicted molar refractivity (Wildman–Crippen MR) is 110 cm³/mol. The fourth-order valence-corrected chi connectivity index (χ4v) is 3.96. The van der Waals surface area contributed by atoms with E-state index >= 15 is 0 Å². The Labute approximate surface area is 168 Å². The summed E-state index contributed by atoms with van der Waals surface area (Å²) in [7, 11) is 0. The number of fused-ring (bicyclic) bond motifs is 2. The maximum atomic E-state index is 13.0. The van der Waals surface area contributed by atoms with Gasteiger partial charge in [0.25, 0.3) is 5.69 Å². The van der Waals surface area contributed by atoms with Crippen LogP contribution in [-0.4, -0.2) is 33.0 Å². The molecule has 1 aliphatic rings. The highest BCUT2D eigenvalue weighted by Crippen LogP contribution is 2.40.